The van der Waals surface area contributed by atoms with Gasteiger partial charge in [-0.3, -0.25) is 0 Å². The van der Waals surface area contributed by atoms with E-state index in [0.717, 1.165) is 5.76 Å². The van der Waals surface area contributed by atoms with Crippen molar-refractivity contribution in [3.05, 3.63) is 11.8 Å². The van der Waals surface area contributed by atoms with Crippen molar-refractivity contribution in [1.29, 1.82) is 0 Å². The summed E-state index contributed by atoms with van der Waals surface area (Å²) in [6.45, 7) is 6.72. The number of cyclic esters (lactones) is 1. The average Bonchev–Trinajstić information content (AvgIpc) is 2.01. The van der Waals surface area contributed by atoms with Crippen molar-refractivity contribution in [1.82, 2.24) is 0 Å². The fourth-order valence-corrected chi connectivity index (χ4v) is 1.38. The van der Waals surface area contributed by atoms with Gasteiger partial charge in [-0.05, 0) is 5.41 Å². The molecule has 1 aliphatic heterocycles. The maximum Gasteiger partial charge on any atom is 0.334 e. The summed E-state index contributed by atoms with van der Waals surface area (Å²) in [5.74, 6) is 0.580. The first-order valence-corrected chi connectivity index (χ1v) is 4.37. The molecular weight excluding hydrogens is 168 g/mol. The van der Waals surface area contributed by atoms with Crippen LogP contribution < -0.4 is 0 Å². The number of hydrogen-bond acceptors (Lipinski definition) is 3. The van der Waals surface area contributed by atoms with E-state index in [9.17, 15) is 4.79 Å². The Kier molecular flexibility index (Phi) is 2.64. The second-order valence-electron chi connectivity index (χ2n) is 4.30. The highest BCUT2D eigenvalue weighted by Crippen LogP contribution is 2.34. The molecule has 1 unspecified atom stereocenters. The van der Waals surface area contributed by atoms with Crippen LogP contribution >= 0.6 is 0 Å². The third-order valence-corrected chi connectivity index (χ3v) is 2.28. The molecule has 0 aromatic rings. The Morgan fingerprint density at radius 2 is 2.15 bits per heavy atom. The normalized spacial score (nSPS) is 23.5. The molecule has 3 nitrogen and oxygen atoms in total. The van der Waals surface area contributed by atoms with E-state index in [-0.39, 0.29) is 17.3 Å². The number of hydrogen-bond donors (Lipinski definition) is 0. The van der Waals surface area contributed by atoms with E-state index in [4.69, 9.17) is 9.47 Å². The lowest BCUT2D eigenvalue weighted by molar-refractivity contribution is -0.142. The van der Waals surface area contributed by atoms with Crippen molar-refractivity contribution in [2.24, 2.45) is 11.3 Å². The van der Waals surface area contributed by atoms with Gasteiger partial charge in [-0.15, -0.1) is 0 Å². The molecule has 0 radical (unpaired) electrons. The minimum atomic E-state index is -0.308. The molecule has 0 spiro atoms. The third-order valence-electron chi connectivity index (χ3n) is 2.28. The summed E-state index contributed by atoms with van der Waals surface area (Å²) in [6, 6.07) is 0. The molecule has 1 aliphatic rings. The largest absolute Gasteiger partial charge is 0.500 e. The molecule has 1 rings (SSSR count). The van der Waals surface area contributed by atoms with E-state index in [1.807, 2.05) is 0 Å². The van der Waals surface area contributed by atoms with Gasteiger partial charge in [-0.25, -0.2) is 4.79 Å². The molecule has 0 amide bonds. The van der Waals surface area contributed by atoms with Gasteiger partial charge in [0.2, 0.25) is 0 Å². The molecule has 1 atom stereocenters. The average molecular weight is 184 g/mol. The molecule has 0 bridgehead atoms. The fourth-order valence-electron chi connectivity index (χ4n) is 1.38. The van der Waals surface area contributed by atoms with Gasteiger partial charge in [-0.1, -0.05) is 20.8 Å². The number of esters is 1. The molecule has 0 aromatic carbocycles. The molecule has 0 fully saturated rings. The van der Waals surface area contributed by atoms with Crippen LogP contribution in [0.3, 0.4) is 0 Å². The zero-order valence-corrected chi connectivity index (χ0v) is 8.59. The van der Waals surface area contributed by atoms with E-state index < -0.39 is 0 Å². The van der Waals surface area contributed by atoms with E-state index in [2.05, 4.69) is 20.8 Å². The maximum absolute atomic E-state index is 10.9. The zero-order valence-electron chi connectivity index (χ0n) is 8.59. The van der Waals surface area contributed by atoms with Crippen molar-refractivity contribution in [2.75, 3.05) is 13.7 Å². The lowest BCUT2D eigenvalue weighted by atomic mass is 9.79. The number of rotatable bonds is 1. The number of methoxy groups -OCH3 is 1. The third kappa shape index (κ3) is 2.23. The summed E-state index contributed by atoms with van der Waals surface area (Å²) in [6.07, 6.45) is 1.43. The number of carbonyl (C=O) groups is 1. The minimum Gasteiger partial charge on any atom is -0.500 e. The molecule has 0 N–H and O–H groups in total. The first kappa shape index (κ1) is 10.1. The molecule has 0 saturated carbocycles. The molecule has 74 valence electrons. The van der Waals surface area contributed by atoms with Crippen LogP contribution in [0.4, 0.5) is 0 Å². The van der Waals surface area contributed by atoms with Gasteiger partial charge >= 0.3 is 5.97 Å². The zero-order chi connectivity index (χ0) is 10.1. The molecular formula is C10H16O3. The van der Waals surface area contributed by atoms with Crippen molar-refractivity contribution < 1.29 is 14.3 Å². The SMILES string of the molecule is COC1=CC(=O)OCC1C(C)(C)C. The van der Waals surface area contributed by atoms with Gasteiger partial charge in [0.25, 0.3) is 0 Å². The summed E-state index contributed by atoms with van der Waals surface area (Å²) >= 11 is 0. The maximum atomic E-state index is 10.9. The monoisotopic (exact) mass is 184 g/mol. The first-order chi connectivity index (χ1) is 5.95. The predicted molar refractivity (Wildman–Crippen MR) is 49.0 cm³/mol. The highest BCUT2D eigenvalue weighted by Gasteiger charge is 2.33. The molecule has 1 heterocycles. The fraction of sp³-hybridized carbons (Fsp3) is 0.700. The van der Waals surface area contributed by atoms with E-state index >= 15 is 0 Å². The number of ether oxygens (including phenoxy) is 2. The van der Waals surface area contributed by atoms with Gasteiger partial charge in [0.1, 0.15) is 12.4 Å². The Bertz CT molecular complexity index is 235. The van der Waals surface area contributed by atoms with Crippen molar-refractivity contribution >= 4 is 5.97 Å². The van der Waals surface area contributed by atoms with Gasteiger partial charge in [0, 0.05) is 0 Å². The first-order valence-electron chi connectivity index (χ1n) is 4.37. The summed E-state index contributed by atoms with van der Waals surface area (Å²) < 4.78 is 10.1. The van der Waals surface area contributed by atoms with Crippen LogP contribution in [0.25, 0.3) is 0 Å². The second kappa shape index (κ2) is 3.40. The van der Waals surface area contributed by atoms with E-state index in [1.165, 1.54) is 6.08 Å². The van der Waals surface area contributed by atoms with Crippen LogP contribution in [0.2, 0.25) is 0 Å². The minimum absolute atomic E-state index is 0.0581. The molecule has 0 aromatic heterocycles. The summed E-state index contributed by atoms with van der Waals surface area (Å²) in [4.78, 5) is 10.9. The Morgan fingerprint density at radius 1 is 1.54 bits per heavy atom. The van der Waals surface area contributed by atoms with Crippen molar-refractivity contribution in [2.45, 2.75) is 20.8 Å². The van der Waals surface area contributed by atoms with Gasteiger partial charge in [0.05, 0.1) is 19.1 Å². The van der Waals surface area contributed by atoms with Crippen LogP contribution in [0.15, 0.2) is 11.8 Å². The smallest absolute Gasteiger partial charge is 0.334 e. The predicted octanol–water partition coefficient (Wildman–Crippen LogP) is 1.74. The van der Waals surface area contributed by atoms with Crippen LogP contribution in [-0.2, 0) is 14.3 Å². The topological polar surface area (TPSA) is 35.5 Å². The lowest BCUT2D eigenvalue weighted by Crippen LogP contribution is -2.32. The van der Waals surface area contributed by atoms with E-state index in [0.29, 0.717) is 6.61 Å². The summed E-state index contributed by atoms with van der Waals surface area (Å²) in [7, 11) is 1.59. The molecule has 0 saturated heterocycles. The van der Waals surface area contributed by atoms with Gasteiger partial charge < -0.3 is 9.47 Å². The van der Waals surface area contributed by atoms with E-state index in [1.54, 1.807) is 7.11 Å². The Morgan fingerprint density at radius 3 is 2.62 bits per heavy atom. The molecule has 13 heavy (non-hydrogen) atoms. The van der Waals surface area contributed by atoms with Crippen LogP contribution in [0.5, 0.6) is 0 Å². The summed E-state index contributed by atoms with van der Waals surface area (Å²) in [5.41, 5.74) is 0.0581. The van der Waals surface area contributed by atoms with Crippen molar-refractivity contribution in [3.63, 3.8) is 0 Å². The summed E-state index contributed by atoms with van der Waals surface area (Å²) in [5, 5.41) is 0. The van der Waals surface area contributed by atoms with Crippen LogP contribution in [0.1, 0.15) is 20.8 Å². The van der Waals surface area contributed by atoms with Crippen LogP contribution in [0, 0.1) is 11.3 Å². The number of carbonyl (C=O) groups excluding carboxylic acids is 1. The standard InChI is InChI=1S/C10H16O3/c1-10(2,3)7-6-13-9(11)5-8(7)12-4/h5,7H,6H2,1-4H3. The highest BCUT2D eigenvalue weighted by molar-refractivity contribution is 5.83. The highest BCUT2D eigenvalue weighted by atomic mass is 16.5. The lowest BCUT2D eigenvalue weighted by Gasteiger charge is -2.33. The Labute approximate surface area is 78.7 Å². The second-order valence-corrected chi connectivity index (χ2v) is 4.30. The van der Waals surface area contributed by atoms with Crippen LogP contribution in [-0.4, -0.2) is 19.7 Å². The molecule has 3 heteroatoms. The Balaban J connectivity index is 2.88. The van der Waals surface area contributed by atoms with Gasteiger partial charge in [-0.2, -0.15) is 0 Å². The van der Waals surface area contributed by atoms with Crippen molar-refractivity contribution in [3.8, 4) is 0 Å². The Hall–Kier alpha value is -0.990. The molecule has 0 aliphatic carbocycles. The van der Waals surface area contributed by atoms with Gasteiger partial charge in [0.15, 0.2) is 0 Å². The quantitative estimate of drug-likeness (QED) is 0.582.